The number of carbonyl (C=O) groups excluding carboxylic acids is 1. The second-order valence-corrected chi connectivity index (χ2v) is 7.25. The third-order valence-corrected chi connectivity index (χ3v) is 5.55. The van der Waals surface area contributed by atoms with E-state index in [4.69, 9.17) is 0 Å². The smallest absolute Gasteiger partial charge is 0.357 e. The molecule has 1 fully saturated rings. The first kappa shape index (κ1) is 17.4. The number of fused-ring (bicyclic) bond motifs is 1. The van der Waals surface area contributed by atoms with E-state index in [0.29, 0.717) is 30.3 Å². The van der Waals surface area contributed by atoms with Crippen molar-refractivity contribution in [2.75, 3.05) is 24.5 Å². The first-order chi connectivity index (χ1) is 13.0. The number of anilines is 1. The predicted octanol–water partition coefficient (Wildman–Crippen LogP) is 1.32. The minimum absolute atomic E-state index is 0.00475. The largest absolute Gasteiger partial charge is 0.476 e. The van der Waals surface area contributed by atoms with Crippen LogP contribution in [0.1, 0.15) is 17.4 Å². The molecular weight excluding hydrogens is 368 g/mol. The number of pyridine rings is 1. The maximum atomic E-state index is 12.8. The summed E-state index contributed by atoms with van der Waals surface area (Å²) in [5, 5.41) is 9.90. The molecule has 1 aliphatic heterocycles. The Morgan fingerprint density at radius 2 is 2.15 bits per heavy atom. The Morgan fingerprint density at radius 1 is 1.30 bits per heavy atom. The molecule has 4 rings (SSSR count). The molecule has 3 aromatic rings. The van der Waals surface area contributed by atoms with Gasteiger partial charge in [0.05, 0.1) is 11.8 Å². The lowest BCUT2D eigenvalue weighted by Crippen LogP contribution is -2.54. The van der Waals surface area contributed by atoms with Gasteiger partial charge in [-0.2, -0.15) is 0 Å². The van der Waals surface area contributed by atoms with E-state index >= 15 is 0 Å². The number of hydrogen-bond acceptors (Lipinski definition) is 7. The summed E-state index contributed by atoms with van der Waals surface area (Å²) < 4.78 is 1.75. The van der Waals surface area contributed by atoms with E-state index in [2.05, 4.69) is 15.0 Å². The second kappa shape index (κ2) is 6.95. The van der Waals surface area contributed by atoms with Gasteiger partial charge in [0, 0.05) is 31.9 Å². The van der Waals surface area contributed by atoms with E-state index in [0.717, 1.165) is 5.52 Å². The first-order valence-corrected chi connectivity index (χ1v) is 9.39. The molecule has 1 saturated heterocycles. The highest BCUT2D eigenvalue weighted by Crippen LogP contribution is 2.27. The summed E-state index contributed by atoms with van der Waals surface area (Å²) in [4.78, 5) is 40.4. The normalized spacial score (nSPS) is 17.4. The molecule has 0 radical (unpaired) electrons. The summed E-state index contributed by atoms with van der Waals surface area (Å²) in [6.07, 6.45) is 3.31. The average Bonchev–Trinajstić information content (AvgIpc) is 3.29. The maximum Gasteiger partial charge on any atom is 0.357 e. The Morgan fingerprint density at radius 3 is 2.93 bits per heavy atom. The summed E-state index contributed by atoms with van der Waals surface area (Å²) in [5.41, 5.74) is 3.06. The monoisotopic (exact) mass is 386 g/mol. The zero-order chi connectivity index (χ0) is 19.0. The Kier molecular flexibility index (Phi) is 4.48. The number of carboxylic acids is 1. The molecule has 3 aromatic heterocycles. The van der Waals surface area contributed by atoms with Crippen molar-refractivity contribution in [2.45, 2.75) is 19.5 Å². The van der Waals surface area contributed by atoms with E-state index in [-0.39, 0.29) is 24.2 Å². The van der Waals surface area contributed by atoms with Gasteiger partial charge in [0.15, 0.2) is 11.3 Å². The van der Waals surface area contributed by atoms with Crippen LogP contribution in [-0.4, -0.2) is 67.1 Å². The van der Waals surface area contributed by atoms with Gasteiger partial charge < -0.3 is 19.5 Å². The van der Waals surface area contributed by atoms with Gasteiger partial charge in [-0.25, -0.2) is 19.7 Å². The molecule has 9 nitrogen and oxygen atoms in total. The Balaban J connectivity index is 1.46. The molecule has 0 aromatic carbocycles. The van der Waals surface area contributed by atoms with Gasteiger partial charge >= 0.3 is 5.97 Å². The standard InChI is InChI=1S/C17H18N6O3S/c1-11-7-21(16-14(17(25)26)20-10-27-16)5-6-23(11)13(24)8-22-9-19-12-3-2-4-18-15(12)22/h2-4,9-11H,5-8H2,1H3,(H,25,26)/t11-/m1/s1. The minimum Gasteiger partial charge on any atom is -0.476 e. The Bertz CT molecular complexity index is 999. The zero-order valence-corrected chi connectivity index (χ0v) is 15.5. The van der Waals surface area contributed by atoms with Gasteiger partial charge in [-0.1, -0.05) is 0 Å². The average molecular weight is 386 g/mol. The van der Waals surface area contributed by atoms with E-state index in [1.165, 1.54) is 16.8 Å². The molecule has 0 saturated carbocycles. The molecule has 27 heavy (non-hydrogen) atoms. The molecule has 1 amide bonds. The summed E-state index contributed by atoms with van der Waals surface area (Å²) in [5.74, 6) is -1.04. The number of amides is 1. The lowest BCUT2D eigenvalue weighted by molar-refractivity contribution is -0.134. The predicted molar refractivity (Wildman–Crippen MR) is 100.0 cm³/mol. The van der Waals surface area contributed by atoms with Crippen LogP contribution in [0, 0.1) is 0 Å². The highest BCUT2D eigenvalue weighted by atomic mass is 32.1. The van der Waals surface area contributed by atoms with Gasteiger partial charge in [-0.3, -0.25) is 4.79 Å². The van der Waals surface area contributed by atoms with Crippen molar-refractivity contribution in [3.8, 4) is 0 Å². The number of hydrogen-bond donors (Lipinski definition) is 1. The van der Waals surface area contributed by atoms with Crippen LogP contribution in [0.4, 0.5) is 5.00 Å². The quantitative estimate of drug-likeness (QED) is 0.721. The molecule has 4 heterocycles. The maximum absolute atomic E-state index is 12.8. The van der Waals surface area contributed by atoms with Crippen LogP contribution in [-0.2, 0) is 11.3 Å². The number of aromatic carboxylic acids is 1. The van der Waals surface area contributed by atoms with Gasteiger partial charge in [-0.15, -0.1) is 11.3 Å². The molecular formula is C17H18N6O3S. The second-order valence-electron chi connectivity index (χ2n) is 6.41. The van der Waals surface area contributed by atoms with E-state index < -0.39 is 5.97 Å². The third kappa shape index (κ3) is 3.23. The Labute approximate surface area is 158 Å². The number of carbonyl (C=O) groups is 2. The molecule has 0 unspecified atom stereocenters. The number of carboxylic acid groups (broad SMARTS) is 1. The van der Waals surface area contributed by atoms with Crippen LogP contribution in [0.3, 0.4) is 0 Å². The molecule has 0 spiro atoms. The van der Waals surface area contributed by atoms with Crippen molar-refractivity contribution in [1.82, 2.24) is 24.4 Å². The van der Waals surface area contributed by atoms with Crippen LogP contribution < -0.4 is 4.90 Å². The summed E-state index contributed by atoms with van der Waals surface area (Å²) >= 11 is 1.31. The van der Waals surface area contributed by atoms with Crippen molar-refractivity contribution in [3.63, 3.8) is 0 Å². The van der Waals surface area contributed by atoms with Crippen molar-refractivity contribution in [2.24, 2.45) is 0 Å². The lowest BCUT2D eigenvalue weighted by Gasteiger charge is -2.40. The van der Waals surface area contributed by atoms with E-state index in [9.17, 15) is 14.7 Å². The Hall–Kier alpha value is -3.01. The van der Waals surface area contributed by atoms with Crippen molar-refractivity contribution in [3.05, 3.63) is 35.9 Å². The van der Waals surface area contributed by atoms with Gasteiger partial charge in [-0.05, 0) is 19.1 Å². The zero-order valence-electron chi connectivity index (χ0n) is 14.6. The SMILES string of the molecule is C[C@@H]1CN(c2scnc2C(=O)O)CCN1C(=O)Cn1cnc2cccnc21. The van der Waals surface area contributed by atoms with Crippen LogP contribution in [0.25, 0.3) is 11.2 Å². The van der Waals surface area contributed by atoms with Gasteiger partial charge in [0.2, 0.25) is 5.91 Å². The third-order valence-electron chi connectivity index (χ3n) is 4.67. The molecule has 0 aliphatic carbocycles. The lowest BCUT2D eigenvalue weighted by atomic mass is 10.2. The number of nitrogens with zero attached hydrogens (tertiary/aromatic N) is 6. The summed E-state index contributed by atoms with van der Waals surface area (Å²) in [6.45, 7) is 3.81. The number of piperazine rings is 1. The highest BCUT2D eigenvalue weighted by molar-refractivity contribution is 7.14. The van der Waals surface area contributed by atoms with Crippen LogP contribution >= 0.6 is 11.3 Å². The van der Waals surface area contributed by atoms with Crippen LogP contribution in [0.2, 0.25) is 0 Å². The van der Waals surface area contributed by atoms with Gasteiger partial charge in [0.1, 0.15) is 17.1 Å². The van der Waals surface area contributed by atoms with Crippen LogP contribution in [0.15, 0.2) is 30.2 Å². The summed E-state index contributed by atoms with van der Waals surface area (Å²) in [6, 6.07) is 3.63. The number of aromatic nitrogens is 4. The molecule has 10 heteroatoms. The fraction of sp³-hybridized carbons (Fsp3) is 0.353. The van der Waals surface area contributed by atoms with Crippen molar-refractivity contribution in [1.29, 1.82) is 0 Å². The van der Waals surface area contributed by atoms with E-state index in [1.54, 1.807) is 17.1 Å². The molecule has 140 valence electrons. The number of thiazole rings is 1. The molecule has 1 aliphatic rings. The topological polar surface area (TPSA) is 104 Å². The molecule has 1 N–H and O–H groups in total. The fourth-order valence-electron chi connectivity index (χ4n) is 3.37. The molecule has 0 bridgehead atoms. The van der Waals surface area contributed by atoms with Gasteiger partial charge in [0.25, 0.3) is 0 Å². The highest BCUT2D eigenvalue weighted by Gasteiger charge is 2.30. The minimum atomic E-state index is -1.03. The van der Waals surface area contributed by atoms with Crippen molar-refractivity contribution < 1.29 is 14.7 Å². The fourth-order valence-corrected chi connectivity index (χ4v) is 4.20. The number of imidazole rings is 1. The molecule has 1 atom stereocenters. The van der Waals surface area contributed by atoms with Crippen molar-refractivity contribution >= 4 is 39.4 Å². The summed E-state index contributed by atoms with van der Waals surface area (Å²) in [7, 11) is 0. The number of rotatable bonds is 4. The first-order valence-electron chi connectivity index (χ1n) is 8.51. The van der Waals surface area contributed by atoms with Crippen LogP contribution in [0.5, 0.6) is 0 Å². The van der Waals surface area contributed by atoms with E-state index in [1.807, 2.05) is 28.9 Å².